The molecular weight excluding hydrogens is 490 g/mol. The number of rotatable bonds is 6. The van der Waals surface area contributed by atoms with Gasteiger partial charge in [-0.1, -0.05) is 34.1 Å². The molecule has 0 saturated carbocycles. The van der Waals surface area contributed by atoms with Gasteiger partial charge in [0.25, 0.3) is 0 Å². The van der Waals surface area contributed by atoms with Crippen LogP contribution in [0.25, 0.3) is 6.08 Å². The van der Waals surface area contributed by atoms with Crippen molar-refractivity contribution in [3.8, 4) is 17.2 Å². The number of carbonyl (C=O) groups excluding carboxylic acids is 2. The summed E-state index contributed by atoms with van der Waals surface area (Å²) >= 11 is 3.37. The van der Waals surface area contributed by atoms with E-state index in [0.29, 0.717) is 22.6 Å². The molecule has 0 radical (unpaired) electrons. The quantitative estimate of drug-likeness (QED) is 0.264. The van der Waals surface area contributed by atoms with Crippen molar-refractivity contribution >= 4 is 39.8 Å². The molecule has 0 atom stereocenters. The topological polar surface area (TPSA) is 83.4 Å². The molecule has 1 heterocycles. The van der Waals surface area contributed by atoms with E-state index in [2.05, 4.69) is 20.9 Å². The van der Waals surface area contributed by atoms with Crippen LogP contribution in [-0.4, -0.2) is 32.1 Å². The summed E-state index contributed by atoms with van der Waals surface area (Å²) in [6.45, 7) is 0. The van der Waals surface area contributed by atoms with Gasteiger partial charge in [0.15, 0.2) is 17.2 Å². The number of cyclic esters (lactones) is 1. The average molecular weight is 508 g/mol. The minimum atomic E-state index is -0.583. The highest BCUT2D eigenvalue weighted by molar-refractivity contribution is 9.10. The summed E-state index contributed by atoms with van der Waals surface area (Å²) in [4.78, 5) is 29.2. The Bertz CT molecular complexity index is 1280. The summed E-state index contributed by atoms with van der Waals surface area (Å²) in [5.74, 6) is 0.0355. The molecule has 0 spiro atoms. The number of benzene rings is 3. The molecule has 4 rings (SSSR count). The summed E-state index contributed by atoms with van der Waals surface area (Å²) in [6.07, 6.45) is 1.57. The van der Waals surface area contributed by atoms with E-state index < -0.39 is 11.9 Å². The lowest BCUT2D eigenvalue weighted by Gasteiger charge is -2.11. The third-order valence-electron chi connectivity index (χ3n) is 4.73. The average Bonchev–Trinajstić information content (AvgIpc) is 3.20. The zero-order valence-corrected chi connectivity index (χ0v) is 19.3. The van der Waals surface area contributed by atoms with Crippen molar-refractivity contribution < 1.29 is 28.5 Å². The number of nitrogens with zero attached hydrogens (tertiary/aromatic N) is 1. The number of hydrogen-bond donors (Lipinski definition) is 0. The van der Waals surface area contributed by atoms with Crippen molar-refractivity contribution in [2.24, 2.45) is 4.99 Å². The number of esters is 2. The lowest BCUT2D eigenvalue weighted by Crippen LogP contribution is -2.10. The molecule has 0 unspecified atom stereocenters. The second kappa shape index (κ2) is 9.70. The van der Waals surface area contributed by atoms with E-state index in [1.54, 1.807) is 60.7 Å². The number of methoxy groups -OCH3 is 2. The first kappa shape index (κ1) is 22.3. The first-order valence-corrected chi connectivity index (χ1v) is 10.6. The number of hydrogen-bond acceptors (Lipinski definition) is 7. The van der Waals surface area contributed by atoms with Gasteiger partial charge < -0.3 is 18.9 Å². The molecule has 0 saturated heterocycles. The van der Waals surface area contributed by atoms with Gasteiger partial charge in [-0.25, -0.2) is 14.6 Å². The molecule has 0 amide bonds. The molecule has 0 aliphatic carbocycles. The summed E-state index contributed by atoms with van der Waals surface area (Å²) in [5.41, 5.74) is 1.74. The molecule has 0 fully saturated rings. The fraction of sp³-hybridized carbons (Fsp3) is 0.0800. The van der Waals surface area contributed by atoms with Gasteiger partial charge in [-0.2, -0.15) is 0 Å². The van der Waals surface area contributed by atoms with Crippen molar-refractivity contribution in [1.29, 1.82) is 0 Å². The Hall–Kier alpha value is -3.91. The Kier molecular flexibility index (Phi) is 6.55. The number of para-hydroxylation sites is 1. The molecule has 0 bridgehead atoms. The van der Waals surface area contributed by atoms with Gasteiger partial charge in [-0.15, -0.1) is 0 Å². The van der Waals surface area contributed by atoms with Crippen molar-refractivity contribution in [3.63, 3.8) is 0 Å². The third kappa shape index (κ3) is 4.96. The summed E-state index contributed by atoms with van der Waals surface area (Å²) < 4.78 is 22.3. The lowest BCUT2D eigenvalue weighted by molar-refractivity contribution is -0.129. The molecule has 1 aliphatic heterocycles. The second-order valence-electron chi connectivity index (χ2n) is 6.84. The maximum absolute atomic E-state index is 12.6. The fourth-order valence-corrected chi connectivity index (χ4v) is 3.37. The predicted molar refractivity (Wildman–Crippen MR) is 126 cm³/mol. The third-order valence-corrected chi connectivity index (χ3v) is 5.26. The monoisotopic (exact) mass is 507 g/mol. The first-order valence-electron chi connectivity index (χ1n) is 9.80. The highest BCUT2D eigenvalue weighted by Gasteiger charge is 2.24. The van der Waals surface area contributed by atoms with Gasteiger partial charge >= 0.3 is 11.9 Å². The van der Waals surface area contributed by atoms with E-state index in [1.165, 1.54) is 14.2 Å². The summed E-state index contributed by atoms with van der Waals surface area (Å²) in [5, 5.41) is 0. The van der Waals surface area contributed by atoms with E-state index in [9.17, 15) is 9.59 Å². The van der Waals surface area contributed by atoms with Gasteiger partial charge in [0, 0.05) is 10.0 Å². The van der Waals surface area contributed by atoms with E-state index >= 15 is 0 Å². The van der Waals surface area contributed by atoms with Crippen LogP contribution in [0.2, 0.25) is 0 Å². The molecule has 33 heavy (non-hydrogen) atoms. The van der Waals surface area contributed by atoms with Crippen LogP contribution in [0.3, 0.4) is 0 Å². The molecule has 8 heteroatoms. The van der Waals surface area contributed by atoms with Gasteiger partial charge in [0.1, 0.15) is 11.3 Å². The lowest BCUT2D eigenvalue weighted by atomic mass is 10.1. The van der Waals surface area contributed by atoms with Crippen molar-refractivity contribution in [3.05, 3.63) is 93.6 Å². The van der Waals surface area contributed by atoms with E-state index in [1.807, 2.05) is 12.1 Å². The number of ether oxygens (including phenoxy) is 4. The normalized spacial score (nSPS) is 14.0. The fourth-order valence-electron chi connectivity index (χ4n) is 3.11. The summed E-state index contributed by atoms with van der Waals surface area (Å²) in [6, 6.07) is 18.9. The zero-order valence-electron chi connectivity index (χ0n) is 17.7. The molecule has 3 aromatic rings. The Morgan fingerprint density at radius 3 is 2.39 bits per heavy atom. The van der Waals surface area contributed by atoms with Gasteiger partial charge in [-0.3, -0.25) is 0 Å². The van der Waals surface area contributed by atoms with Gasteiger partial charge in [-0.05, 0) is 60.2 Å². The van der Waals surface area contributed by atoms with E-state index in [0.717, 1.165) is 4.47 Å². The van der Waals surface area contributed by atoms with Crippen molar-refractivity contribution in [1.82, 2.24) is 0 Å². The maximum atomic E-state index is 12.6. The van der Waals surface area contributed by atoms with Crippen LogP contribution in [0, 0.1) is 0 Å². The van der Waals surface area contributed by atoms with Gasteiger partial charge in [0.05, 0.1) is 14.2 Å². The minimum Gasteiger partial charge on any atom is -0.496 e. The van der Waals surface area contributed by atoms with Crippen molar-refractivity contribution in [2.45, 2.75) is 0 Å². The van der Waals surface area contributed by atoms with Crippen LogP contribution in [-0.2, 0) is 9.53 Å². The highest BCUT2D eigenvalue weighted by Crippen LogP contribution is 2.31. The van der Waals surface area contributed by atoms with E-state index in [-0.39, 0.29) is 22.9 Å². The highest BCUT2D eigenvalue weighted by atomic mass is 79.9. The smallest absolute Gasteiger partial charge is 0.363 e. The zero-order chi connectivity index (χ0) is 23.4. The molecule has 3 aromatic carbocycles. The van der Waals surface area contributed by atoms with Crippen LogP contribution in [0.1, 0.15) is 21.5 Å². The van der Waals surface area contributed by atoms with Crippen LogP contribution < -0.4 is 14.2 Å². The molecule has 7 nitrogen and oxygen atoms in total. The molecule has 0 N–H and O–H groups in total. The molecular formula is C25H18BrNO6. The number of carbonyl (C=O) groups is 2. The Morgan fingerprint density at radius 1 is 0.939 bits per heavy atom. The van der Waals surface area contributed by atoms with Gasteiger partial charge in [0.2, 0.25) is 5.90 Å². The standard InChI is InChI=1S/C25H18BrNO6/c1-30-20-6-4-3-5-18(20)24(28)32-21-12-7-15(14-22(21)31-2)13-19-25(29)33-23(27-19)16-8-10-17(26)11-9-16/h3-14H,1-2H3/b19-13+. The number of halogens is 1. The number of aliphatic imine (C=N–C) groups is 1. The van der Waals surface area contributed by atoms with Crippen LogP contribution >= 0.6 is 15.9 Å². The Balaban J connectivity index is 1.58. The summed E-state index contributed by atoms with van der Waals surface area (Å²) in [7, 11) is 2.94. The van der Waals surface area contributed by atoms with Crippen molar-refractivity contribution in [2.75, 3.05) is 14.2 Å². The SMILES string of the molecule is COc1cc(/C=C2/N=C(c3ccc(Br)cc3)OC2=O)ccc1OC(=O)c1ccccc1OC. The molecule has 166 valence electrons. The predicted octanol–water partition coefficient (Wildman–Crippen LogP) is 5.03. The largest absolute Gasteiger partial charge is 0.496 e. The molecule has 0 aromatic heterocycles. The first-order chi connectivity index (χ1) is 16.0. The second-order valence-corrected chi connectivity index (χ2v) is 7.76. The molecule has 1 aliphatic rings. The Labute approximate surface area is 198 Å². The van der Waals surface area contributed by atoms with Crippen LogP contribution in [0.5, 0.6) is 17.2 Å². The minimum absolute atomic E-state index is 0.147. The van der Waals surface area contributed by atoms with Crippen LogP contribution in [0.4, 0.5) is 0 Å². The maximum Gasteiger partial charge on any atom is 0.363 e. The van der Waals surface area contributed by atoms with Crippen LogP contribution in [0.15, 0.2) is 81.9 Å². The Morgan fingerprint density at radius 2 is 1.67 bits per heavy atom. The van der Waals surface area contributed by atoms with E-state index in [4.69, 9.17) is 18.9 Å².